The molecular formula is C17H22BrNO. The number of alkyl halides is 1. The molecule has 1 unspecified atom stereocenters. The van der Waals surface area contributed by atoms with Crippen molar-refractivity contribution in [1.82, 2.24) is 4.98 Å². The Balaban J connectivity index is 1.58. The summed E-state index contributed by atoms with van der Waals surface area (Å²) in [6.07, 6.45) is 10.6. The molecule has 1 atom stereocenters. The van der Waals surface area contributed by atoms with Crippen LogP contribution in [0.15, 0.2) is 28.7 Å². The van der Waals surface area contributed by atoms with E-state index in [1.807, 2.05) is 24.3 Å². The average molecular weight is 336 g/mol. The van der Waals surface area contributed by atoms with Crippen LogP contribution in [-0.2, 0) is 6.42 Å². The minimum atomic E-state index is 0.485. The molecule has 0 spiro atoms. The van der Waals surface area contributed by atoms with Gasteiger partial charge in [-0.15, -0.1) is 0 Å². The summed E-state index contributed by atoms with van der Waals surface area (Å²) in [5.74, 6) is 1.74. The summed E-state index contributed by atoms with van der Waals surface area (Å²) in [5, 5.41) is 0. The van der Waals surface area contributed by atoms with Crippen molar-refractivity contribution in [2.45, 2.75) is 56.2 Å². The van der Waals surface area contributed by atoms with Crippen molar-refractivity contribution in [3.05, 3.63) is 30.2 Å². The first kappa shape index (κ1) is 14.1. The SMILES string of the molecule is BrC(Cc1nc2ccccc2o1)CC1CCCCCC1. The van der Waals surface area contributed by atoms with Gasteiger partial charge in [0.05, 0.1) is 0 Å². The summed E-state index contributed by atoms with van der Waals surface area (Å²) >= 11 is 3.83. The van der Waals surface area contributed by atoms with E-state index in [0.29, 0.717) is 4.83 Å². The minimum absolute atomic E-state index is 0.485. The molecule has 108 valence electrons. The number of benzene rings is 1. The highest BCUT2D eigenvalue weighted by Gasteiger charge is 2.18. The van der Waals surface area contributed by atoms with Crippen LogP contribution < -0.4 is 0 Å². The number of hydrogen-bond donors (Lipinski definition) is 0. The first-order valence-corrected chi connectivity index (χ1v) is 8.71. The van der Waals surface area contributed by atoms with E-state index in [1.165, 1.54) is 44.9 Å². The summed E-state index contributed by atoms with van der Waals surface area (Å²) in [6.45, 7) is 0. The Labute approximate surface area is 129 Å². The molecule has 0 saturated heterocycles. The van der Waals surface area contributed by atoms with Crippen LogP contribution >= 0.6 is 15.9 Å². The maximum absolute atomic E-state index is 5.81. The fraction of sp³-hybridized carbons (Fsp3) is 0.588. The van der Waals surface area contributed by atoms with Crippen molar-refractivity contribution >= 4 is 27.0 Å². The summed E-state index contributed by atoms with van der Waals surface area (Å²) < 4.78 is 5.81. The van der Waals surface area contributed by atoms with Gasteiger partial charge in [-0.2, -0.15) is 0 Å². The van der Waals surface area contributed by atoms with Gasteiger partial charge in [-0.1, -0.05) is 66.6 Å². The maximum atomic E-state index is 5.81. The second-order valence-electron chi connectivity index (χ2n) is 5.97. The molecule has 3 heteroatoms. The molecule has 1 aliphatic carbocycles. The zero-order chi connectivity index (χ0) is 13.8. The van der Waals surface area contributed by atoms with Gasteiger partial charge in [-0.25, -0.2) is 4.98 Å². The van der Waals surface area contributed by atoms with Gasteiger partial charge in [0.15, 0.2) is 11.5 Å². The van der Waals surface area contributed by atoms with Crippen LogP contribution in [0.4, 0.5) is 0 Å². The number of hydrogen-bond acceptors (Lipinski definition) is 2. The lowest BCUT2D eigenvalue weighted by Crippen LogP contribution is -2.10. The molecule has 1 saturated carbocycles. The molecule has 1 heterocycles. The molecule has 0 amide bonds. The van der Waals surface area contributed by atoms with Gasteiger partial charge in [-0.05, 0) is 24.5 Å². The molecular weight excluding hydrogens is 314 g/mol. The number of fused-ring (bicyclic) bond motifs is 1. The van der Waals surface area contributed by atoms with Gasteiger partial charge in [0.1, 0.15) is 5.52 Å². The highest BCUT2D eigenvalue weighted by Crippen LogP contribution is 2.29. The lowest BCUT2D eigenvalue weighted by Gasteiger charge is -2.17. The topological polar surface area (TPSA) is 26.0 Å². The van der Waals surface area contributed by atoms with Crippen LogP contribution in [0.1, 0.15) is 50.8 Å². The van der Waals surface area contributed by atoms with Crippen molar-refractivity contribution in [2.75, 3.05) is 0 Å². The van der Waals surface area contributed by atoms with Crippen molar-refractivity contribution in [3.63, 3.8) is 0 Å². The fourth-order valence-corrected chi connectivity index (χ4v) is 4.05. The Morgan fingerprint density at radius 2 is 1.90 bits per heavy atom. The Hall–Kier alpha value is -0.830. The Morgan fingerprint density at radius 1 is 1.15 bits per heavy atom. The van der Waals surface area contributed by atoms with E-state index in [-0.39, 0.29) is 0 Å². The number of para-hydroxylation sites is 2. The maximum Gasteiger partial charge on any atom is 0.196 e. The third kappa shape index (κ3) is 3.63. The van der Waals surface area contributed by atoms with Gasteiger partial charge in [0, 0.05) is 11.2 Å². The van der Waals surface area contributed by atoms with Crippen molar-refractivity contribution in [2.24, 2.45) is 5.92 Å². The van der Waals surface area contributed by atoms with Crippen LogP contribution in [0.2, 0.25) is 0 Å². The third-order valence-electron chi connectivity index (χ3n) is 4.30. The monoisotopic (exact) mass is 335 g/mol. The molecule has 0 aliphatic heterocycles. The van der Waals surface area contributed by atoms with E-state index in [2.05, 4.69) is 20.9 Å². The van der Waals surface area contributed by atoms with Crippen LogP contribution in [0, 0.1) is 5.92 Å². The third-order valence-corrected chi connectivity index (χ3v) is 5.00. The van der Waals surface area contributed by atoms with Crippen LogP contribution in [0.3, 0.4) is 0 Å². The van der Waals surface area contributed by atoms with Crippen molar-refractivity contribution in [1.29, 1.82) is 0 Å². The van der Waals surface area contributed by atoms with Gasteiger partial charge in [0.25, 0.3) is 0 Å². The zero-order valence-corrected chi connectivity index (χ0v) is 13.4. The Kier molecular flexibility index (Phi) is 4.77. The normalized spacial score (nSPS) is 19.1. The van der Waals surface area contributed by atoms with Crippen molar-refractivity contribution in [3.8, 4) is 0 Å². The number of aromatic nitrogens is 1. The quantitative estimate of drug-likeness (QED) is 0.545. The van der Waals surface area contributed by atoms with Crippen LogP contribution in [-0.4, -0.2) is 9.81 Å². The molecule has 3 rings (SSSR count). The number of oxazole rings is 1. The molecule has 1 aliphatic rings. The van der Waals surface area contributed by atoms with Gasteiger partial charge in [-0.3, -0.25) is 0 Å². The second-order valence-corrected chi connectivity index (χ2v) is 7.26. The van der Waals surface area contributed by atoms with Gasteiger partial charge in [0.2, 0.25) is 0 Å². The predicted molar refractivity (Wildman–Crippen MR) is 86.2 cm³/mol. The zero-order valence-electron chi connectivity index (χ0n) is 11.9. The average Bonchev–Trinajstić information content (AvgIpc) is 2.66. The Morgan fingerprint density at radius 3 is 2.65 bits per heavy atom. The van der Waals surface area contributed by atoms with E-state index < -0.39 is 0 Å². The summed E-state index contributed by atoms with van der Waals surface area (Å²) in [5.41, 5.74) is 1.87. The molecule has 0 radical (unpaired) electrons. The summed E-state index contributed by atoms with van der Waals surface area (Å²) in [7, 11) is 0. The first-order valence-electron chi connectivity index (χ1n) is 7.80. The number of nitrogens with zero attached hydrogens (tertiary/aromatic N) is 1. The molecule has 1 fully saturated rings. The fourth-order valence-electron chi connectivity index (χ4n) is 3.24. The summed E-state index contributed by atoms with van der Waals surface area (Å²) in [6, 6.07) is 8.00. The molecule has 1 aromatic carbocycles. The smallest absolute Gasteiger partial charge is 0.196 e. The highest BCUT2D eigenvalue weighted by atomic mass is 79.9. The second kappa shape index (κ2) is 6.75. The molecule has 0 N–H and O–H groups in total. The lowest BCUT2D eigenvalue weighted by molar-refractivity contribution is 0.412. The largest absolute Gasteiger partial charge is 0.441 e. The van der Waals surface area contributed by atoms with E-state index in [1.54, 1.807) is 0 Å². The molecule has 20 heavy (non-hydrogen) atoms. The van der Waals surface area contributed by atoms with Gasteiger partial charge >= 0.3 is 0 Å². The van der Waals surface area contributed by atoms with Gasteiger partial charge < -0.3 is 4.42 Å². The number of halogens is 1. The van der Waals surface area contributed by atoms with E-state index >= 15 is 0 Å². The molecule has 1 aromatic heterocycles. The molecule has 0 bridgehead atoms. The van der Waals surface area contributed by atoms with E-state index in [9.17, 15) is 0 Å². The van der Waals surface area contributed by atoms with Crippen LogP contribution in [0.5, 0.6) is 0 Å². The minimum Gasteiger partial charge on any atom is -0.441 e. The van der Waals surface area contributed by atoms with Crippen LogP contribution in [0.25, 0.3) is 11.1 Å². The first-order chi connectivity index (χ1) is 9.81. The Bertz CT molecular complexity index is 510. The van der Waals surface area contributed by atoms with E-state index in [4.69, 9.17) is 4.42 Å². The van der Waals surface area contributed by atoms with E-state index in [0.717, 1.165) is 29.3 Å². The standard InChI is InChI=1S/C17H22BrNO/c18-14(11-13-7-3-1-2-4-8-13)12-17-19-15-9-5-6-10-16(15)20-17/h5-6,9-10,13-14H,1-4,7-8,11-12H2. The summed E-state index contributed by atoms with van der Waals surface area (Å²) in [4.78, 5) is 5.05. The van der Waals surface area contributed by atoms with Crippen molar-refractivity contribution < 1.29 is 4.42 Å². The highest BCUT2D eigenvalue weighted by molar-refractivity contribution is 9.09. The predicted octanol–water partition coefficient (Wildman–Crippen LogP) is 5.49. The number of rotatable bonds is 4. The lowest BCUT2D eigenvalue weighted by atomic mass is 9.94. The molecule has 2 aromatic rings. The molecule has 2 nitrogen and oxygen atoms in total.